The van der Waals surface area contributed by atoms with E-state index in [1.165, 1.54) is 44.9 Å². The molecule has 1 aromatic heterocycles. The monoisotopic (exact) mass is 258 g/mol. The van der Waals surface area contributed by atoms with E-state index >= 15 is 0 Å². The molecule has 1 N–H and O–H groups in total. The molecule has 0 amide bonds. The first-order valence-corrected chi connectivity index (χ1v) is 7.23. The second-order valence-electron chi connectivity index (χ2n) is 5.43. The third kappa shape index (κ3) is 3.44. The van der Waals surface area contributed by atoms with E-state index in [0.29, 0.717) is 17.4 Å². The summed E-state index contributed by atoms with van der Waals surface area (Å²) >= 11 is 0. The molecule has 102 valence electrons. The van der Waals surface area contributed by atoms with E-state index in [-0.39, 0.29) is 0 Å². The molecule has 1 aliphatic rings. The summed E-state index contributed by atoms with van der Waals surface area (Å²) in [5.74, 6) is 0.663. The van der Waals surface area contributed by atoms with Gasteiger partial charge in [-0.1, -0.05) is 32.1 Å². The van der Waals surface area contributed by atoms with Crippen LogP contribution in [0, 0.1) is 25.2 Å². The molecule has 4 nitrogen and oxygen atoms in total. The Bertz CT molecular complexity index is 468. The third-order valence-electron chi connectivity index (χ3n) is 4.01. The van der Waals surface area contributed by atoms with Crippen LogP contribution in [0.5, 0.6) is 0 Å². The normalized spacial score (nSPS) is 17.3. The first-order valence-electron chi connectivity index (χ1n) is 7.23. The van der Waals surface area contributed by atoms with Crippen LogP contribution in [0.25, 0.3) is 0 Å². The number of rotatable bonds is 2. The van der Waals surface area contributed by atoms with Gasteiger partial charge in [0.15, 0.2) is 5.82 Å². The van der Waals surface area contributed by atoms with Gasteiger partial charge in [0, 0.05) is 6.04 Å². The van der Waals surface area contributed by atoms with Crippen LogP contribution in [0.2, 0.25) is 0 Å². The molecule has 0 spiro atoms. The summed E-state index contributed by atoms with van der Waals surface area (Å²) in [4.78, 5) is 0. The molecule has 4 heteroatoms. The van der Waals surface area contributed by atoms with Crippen LogP contribution in [0.15, 0.2) is 0 Å². The topological polar surface area (TPSA) is 61.6 Å². The molecule has 1 saturated carbocycles. The predicted octanol–water partition coefficient (Wildman–Crippen LogP) is 3.49. The van der Waals surface area contributed by atoms with Crippen molar-refractivity contribution in [1.82, 2.24) is 10.2 Å². The van der Waals surface area contributed by atoms with E-state index in [0.717, 1.165) is 11.3 Å². The number of hydrogen-bond acceptors (Lipinski definition) is 4. The van der Waals surface area contributed by atoms with E-state index in [4.69, 9.17) is 0 Å². The Hall–Kier alpha value is -1.63. The third-order valence-corrected chi connectivity index (χ3v) is 4.01. The Morgan fingerprint density at radius 3 is 2.32 bits per heavy atom. The summed E-state index contributed by atoms with van der Waals surface area (Å²) in [7, 11) is 0. The number of hydrogen-bond donors (Lipinski definition) is 1. The fourth-order valence-corrected chi connectivity index (χ4v) is 2.64. The van der Waals surface area contributed by atoms with E-state index in [9.17, 15) is 5.26 Å². The van der Waals surface area contributed by atoms with Crippen molar-refractivity contribution in [3.05, 3.63) is 16.8 Å². The molecule has 1 fully saturated rings. The molecule has 1 heterocycles. The number of nitrogens with one attached hydrogen (secondary N) is 1. The SMILES string of the molecule is Cc1nnc(NC2CCCCCCC2)c(C#N)c1C. The molecular formula is C15H22N4. The zero-order valence-electron chi connectivity index (χ0n) is 11.9. The molecule has 0 unspecified atom stereocenters. The van der Waals surface area contributed by atoms with Gasteiger partial charge in [-0.05, 0) is 32.3 Å². The molecule has 1 aromatic rings. The lowest BCUT2D eigenvalue weighted by atomic mass is 9.96. The summed E-state index contributed by atoms with van der Waals surface area (Å²) in [6.07, 6.45) is 8.86. The summed E-state index contributed by atoms with van der Waals surface area (Å²) in [6, 6.07) is 2.69. The lowest BCUT2D eigenvalue weighted by Gasteiger charge is -2.22. The van der Waals surface area contributed by atoms with E-state index in [1.807, 2.05) is 13.8 Å². The lowest BCUT2D eigenvalue weighted by molar-refractivity contribution is 0.470. The summed E-state index contributed by atoms with van der Waals surface area (Å²) in [6.45, 7) is 3.83. The maximum atomic E-state index is 9.30. The molecule has 0 saturated heterocycles. The van der Waals surface area contributed by atoms with E-state index in [1.54, 1.807) is 0 Å². The molecule has 0 aliphatic heterocycles. The van der Waals surface area contributed by atoms with Crippen molar-refractivity contribution in [2.75, 3.05) is 5.32 Å². The van der Waals surface area contributed by atoms with Crippen molar-refractivity contribution >= 4 is 5.82 Å². The number of aryl methyl sites for hydroxylation is 1. The van der Waals surface area contributed by atoms with Crippen molar-refractivity contribution in [2.45, 2.75) is 64.8 Å². The van der Waals surface area contributed by atoms with Gasteiger partial charge in [0.05, 0.1) is 5.69 Å². The summed E-state index contributed by atoms with van der Waals surface area (Å²) < 4.78 is 0. The van der Waals surface area contributed by atoms with Gasteiger partial charge in [-0.2, -0.15) is 10.4 Å². The zero-order chi connectivity index (χ0) is 13.7. The Labute approximate surface area is 115 Å². The Morgan fingerprint density at radius 1 is 1.05 bits per heavy atom. The maximum absolute atomic E-state index is 9.30. The standard InChI is InChI=1S/C15H22N4/c1-11-12(2)18-19-15(14(11)10-16)17-13-8-6-4-3-5-7-9-13/h13H,3-9H2,1-2H3,(H,17,19). The maximum Gasteiger partial charge on any atom is 0.167 e. The molecule has 0 radical (unpaired) electrons. The highest BCUT2D eigenvalue weighted by Crippen LogP contribution is 2.23. The van der Waals surface area contributed by atoms with E-state index in [2.05, 4.69) is 21.6 Å². The minimum Gasteiger partial charge on any atom is -0.365 e. The number of aromatic nitrogens is 2. The highest BCUT2D eigenvalue weighted by molar-refractivity contribution is 5.56. The van der Waals surface area contributed by atoms with Gasteiger partial charge in [-0.3, -0.25) is 0 Å². The fraction of sp³-hybridized carbons (Fsp3) is 0.667. The van der Waals surface area contributed by atoms with Gasteiger partial charge >= 0.3 is 0 Å². The zero-order valence-corrected chi connectivity index (χ0v) is 11.9. The molecule has 0 atom stereocenters. The van der Waals surface area contributed by atoms with Crippen LogP contribution in [0.4, 0.5) is 5.82 Å². The molecular weight excluding hydrogens is 236 g/mol. The van der Waals surface area contributed by atoms with Gasteiger partial charge in [0.1, 0.15) is 11.6 Å². The minimum atomic E-state index is 0.434. The highest BCUT2D eigenvalue weighted by atomic mass is 15.2. The number of nitriles is 1. The first kappa shape index (κ1) is 13.8. The summed E-state index contributed by atoms with van der Waals surface area (Å²) in [5.41, 5.74) is 2.42. The minimum absolute atomic E-state index is 0.434. The number of nitrogens with zero attached hydrogens (tertiary/aromatic N) is 3. The average Bonchev–Trinajstić information content (AvgIpc) is 2.37. The molecule has 0 aromatic carbocycles. The second kappa shape index (κ2) is 6.51. The van der Waals surface area contributed by atoms with Gasteiger partial charge in [-0.25, -0.2) is 0 Å². The van der Waals surface area contributed by atoms with Crippen molar-refractivity contribution in [2.24, 2.45) is 0 Å². The van der Waals surface area contributed by atoms with Crippen LogP contribution < -0.4 is 5.32 Å². The fourth-order valence-electron chi connectivity index (χ4n) is 2.64. The Morgan fingerprint density at radius 2 is 1.68 bits per heavy atom. The Kier molecular flexibility index (Phi) is 4.73. The highest BCUT2D eigenvalue weighted by Gasteiger charge is 2.16. The van der Waals surface area contributed by atoms with Crippen molar-refractivity contribution in [3.8, 4) is 6.07 Å². The van der Waals surface area contributed by atoms with Gasteiger partial charge < -0.3 is 5.32 Å². The average molecular weight is 258 g/mol. The largest absolute Gasteiger partial charge is 0.365 e. The number of anilines is 1. The molecule has 1 aliphatic carbocycles. The quantitative estimate of drug-likeness (QED) is 0.882. The van der Waals surface area contributed by atoms with Crippen LogP contribution in [-0.4, -0.2) is 16.2 Å². The van der Waals surface area contributed by atoms with Crippen LogP contribution >= 0.6 is 0 Å². The van der Waals surface area contributed by atoms with Gasteiger partial charge in [0.2, 0.25) is 0 Å². The first-order chi connectivity index (χ1) is 9.22. The van der Waals surface area contributed by atoms with Crippen molar-refractivity contribution in [3.63, 3.8) is 0 Å². The molecule has 2 rings (SSSR count). The van der Waals surface area contributed by atoms with Crippen molar-refractivity contribution < 1.29 is 0 Å². The molecule has 19 heavy (non-hydrogen) atoms. The lowest BCUT2D eigenvalue weighted by Crippen LogP contribution is -2.22. The van der Waals surface area contributed by atoms with Crippen LogP contribution in [-0.2, 0) is 0 Å². The van der Waals surface area contributed by atoms with Crippen molar-refractivity contribution in [1.29, 1.82) is 5.26 Å². The predicted molar refractivity (Wildman–Crippen MR) is 76.0 cm³/mol. The van der Waals surface area contributed by atoms with Gasteiger partial charge in [-0.15, -0.1) is 5.10 Å². The smallest absolute Gasteiger partial charge is 0.167 e. The molecule has 0 bridgehead atoms. The van der Waals surface area contributed by atoms with E-state index < -0.39 is 0 Å². The summed E-state index contributed by atoms with van der Waals surface area (Å²) in [5, 5.41) is 21.0. The second-order valence-corrected chi connectivity index (χ2v) is 5.43. The van der Waals surface area contributed by atoms with Gasteiger partial charge in [0.25, 0.3) is 0 Å². The van der Waals surface area contributed by atoms with Crippen LogP contribution in [0.3, 0.4) is 0 Å². The van der Waals surface area contributed by atoms with Crippen LogP contribution in [0.1, 0.15) is 61.8 Å². The Balaban J connectivity index is 2.13.